The maximum Gasteiger partial charge on any atom is 0.258 e. The summed E-state index contributed by atoms with van der Waals surface area (Å²) in [7, 11) is 0. The molecule has 0 radical (unpaired) electrons. The van der Waals surface area contributed by atoms with Crippen molar-refractivity contribution in [3.8, 4) is 10.6 Å². The van der Waals surface area contributed by atoms with Gasteiger partial charge in [-0.1, -0.05) is 46.9 Å². The molecule has 1 N–H and O–H groups in total. The number of hydrogen-bond acceptors (Lipinski definition) is 4. The SMILES string of the molecule is O=C(Nc1c(Cl)cc(Cl)cc1-c1nc2ccccc2s1)c1cccnc1Cl. The third-order valence-electron chi connectivity index (χ3n) is 3.82. The quantitative estimate of drug-likeness (QED) is 0.371. The molecular formula is C19H10Cl3N3OS. The molecule has 8 heteroatoms. The first-order valence-electron chi connectivity index (χ1n) is 7.80. The molecule has 0 aliphatic heterocycles. The van der Waals surface area contributed by atoms with Crippen LogP contribution in [0.1, 0.15) is 10.4 Å². The van der Waals surface area contributed by atoms with E-state index in [0.717, 1.165) is 10.2 Å². The van der Waals surface area contributed by atoms with E-state index in [4.69, 9.17) is 34.8 Å². The van der Waals surface area contributed by atoms with E-state index in [2.05, 4.69) is 15.3 Å². The minimum atomic E-state index is -0.417. The third-order valence-corrected chi connectivity index (χ3v) is 5.71. The Labute approximate surface area is 173 Å². The molecule has 0 aliphatic rings. The second kappa shape index (κ2) is 7.44. The van der Waals surface area contributed by atoms with Crippen molar-refractivity contribution in [2.75, 3.05) is 5.32 Å². The number of hydrogen-bond donors (Lipinski definition) is 1. The van der Waals surface area contributed by atoms with E-state index in [1.54, 1.807) is 24.3 Å². The minimum absolute atomic E-state index is 0.113. The summed E-state index contributed by atoms with van der Waals surface area (Å²) >= 11 is 20.1. The van der Waals surface area contributed by atoms with Crippen molar-refractivity contribution < 1.29 is 4.79 Å². The lowest BCUT2D eigenvalue weighted by molar-refractivity contribution is 0.102. The molecule has 4 aromatic rings. The summed E-state index contributed by atoms with van der Waals surface area (Å²) in [6.45, 7) is 0. The molecule has 2 aromatic heterocycles. The van der Waals surface area contributed by atoms with Crippen molar-refractivity contribution in [2.45, 2.75) is 0 Å². The largest absolute Gasteiger partial charge is 0.320 e. The Hall–Kier alpha value is -2.18. The Bertz CT molecular complexity index is 1140. The number of pyridine rings is 1. The van der Waals surface area contributed by atoms with Crippen LogP contribution >= 0.6 is 46.1 Å². The lowest BCUT2D eigenvalue weighted by Gasteiger charge is -2.12. The van der Waals surface area contributed by atoms with Crippen molar-refractivity contribution >= 4 is 68.0 Å². The average Bonchev–Trinajstić information content (AvgIpc) is 3.08. The molecule has 1 amide bonds. The number of carbonyl (C=O) groups excluding carboxylic acids is 1. The molecule has 0 saturated carbocycles. The first kappa shape index (κ1) is 18.2. The van der Waals surface area contributed by atoms with Gasteiger partial charge in [0.25, 0.3) is 5.91 Å². The highest BCUT2D eigenvalue weighted by atomic mass is 35.5. The van der Waals surface area contributed by atoms with E-state index in [0.29, 0.717) is 26.3 Å². The van der Waals surface area contributed by atoms with Crippen molar-refractivity contribution in [3.63, 3.8) is 0 Å². The highest BCUT2D eigenvalue weighted by molar-refractivity contribution is 7.21. The molecule has 0 spiro atoms. The number of para-hydroxylation sites is 1. The van der Waals surface area contributed by atoms with Crippen LogP contribution in [0, 0.1) is 0 Å². The molecule has 2 aromatic carbocycles. The van der Waals surface area contributed by atoms with E-state index in [9.17, 15) is 4.79 Å². The minimum Gasteiger partial charge on any atom is -0.320 e. The van der Waals surface area contributed by atoms with Gasteiger partial charge in [-0.25, -0.2) is 9.97 Å². The van der Waals surface area contributed by atoms with Crippen LogP contribution in [0.2, 0.25) is 15.2 Å². The van der Waals surface area contributed by atoms with Crippen molar-refractivity contribution in [1.82, 2.24) is 9.97 Å². The molecule has 27 heavy (non-hydrogen) atoms. The van der Waals surface area contributed by atoms with Gasteiger partial charge in [0.2, 0.25) is 0 Å². The number of thiazole rings is 1. The number of aromatic nitrogens is 2. The fourth-order valence-corrected chi connectivity index (χ4v) is 4.33. The predicted molar refractivity (Wildman–Crippen MR) is 112 cm³/mol. The Morgan fingerprint density at radius 3 is 2.63 bits per heavy atom. The molecule has 0 bridgehead atoms. The maximum absolute atomic E-state index is 12.7. The third kappa shape index (κ3) is 3.64. The molecule has 0 unspecified atom stereocenters. The molecule has 0 atom stereocenters. The lowest BCUT2D eigenvalue weighted by Crippen LogP contribution is -2.14. The Kier molecular flexibility index (Phi) is 5.02. The second-order valence-electron chi connectivity index (χ2n) is 5.59. The van der Waals surface area contributed by atoms with Crippen LogP contribution in [0.3, 0.4) is 0 Å². The van der Waals surface area contributed by atoms with Gasteiger partial charge < -0.3 is 5.32 Å². The molecule has 4 rings (SSSR count). The van der Waals surface area contributed by atoms with Crippen molar-refractivity contribution in [3.05, 3.63) is 75.5 Å². The lowest BCUT2D eigenvalue weighted by atomic mass is 10.1. The fourth-order valence-electron chi connectivity index (χ4n) is 2.59. The van der Waals surface area contributed by atoms with E-state index < -0.39 is 5.91 Å². The fraction of sp³-hybridized carbons (Fsp3) is 0. The standard InChI is InChI=1S/C19H10Cl3N3OS/c20-10-8-12(19-24-14-5-1-2-6-15(14)27-19)16(13(21)9-10)25-18(26)11-4-3-7-23-17(11)22/h1-9H,(H,25,26). The Morgan fingerprint density at radius 2 is 1.85 bits per heavy atom. The zero-order valence-electron chi connectivity index (χ0n) is 13.5. The monoisotopic (exact) mass is 433 g/mol. The first-order valence-corrected chi connectivity index (χ1v) is 9.75. The maximum atomic E-state index is 12.7. The topological polar surface area (TPSA) is 54.9 Å². The van der Waals surface area contributed by atoms with E-state index in [-0.39, 0.29) is 10.7 Å². The molecule has 2 heterocycles. The number of carbonyl (C=O) groups is 1. The molecule has 134 valence electrons. The van der Waals surface area contributed by atoms with E-state index >= 15 is 0 Å². The number of nitrogens with one attached hydrogen (secondary N) is 1. The summed E-state index contributed by atoms with van der Waals surface area (Å²) in [5.74, 6) is -0.417. The van der Waals surface area contributed by atoms with Crippen LogP contribution in [0.25, 0.3) is 20.8 Å². The van der Waals surface area contributed by atoms with E-state index in [1.807, 2.05) is 24.3 Å². The smallest absolute Gasteiger partial charge is 0.258 e. The van der Waals surface area contributed by atoms with Crippen LogP contribution in [0.5, 0.6) is 0 Å². The van der Waals surface area contributed by atoms with Crippen LogP contribution in [0.15, 0.2) is 54.7 Å². The van der Waals surface area contributed by atoms with Gasteiger partial charge in [-0.2, -0.15) is 0 Å². The van der Waals surface area contributed by atoms with Gasteiger partial charge in [0.05, 0.1) is 26.5 Å². The highest BCUT2D eigenvalue weighted by Gasteiger charge is 2.19. The number of fused-ring (bicyclic) bond motifs is 1. The number of halogens is 3. The van der Waals surface area contributed by atoms with Crippen LogP contribution in [-0.4, -0.2) is 15.9 Å². The highest BCUT2D eigenvalue weighted by Crippen LogP contribution is 2.40. The number of amides is 1. The molecular weight excluding hydrogens is 425 g/mol. The normalized spacial score (nSPS) is 10.9. The number of benzene rings is 2. The first-order chi connectivity index (χ1) is 13.0. The summed E-state index contributed by atoms with van der Waals surface area (Å²) in [4.78, 5) is 21.2. The summed E-state index contributed by atoms with van der Waals surface area (Å²) in [6, 6.07) is 14.3. The summed E-state index contributed by atoms with van der Waals surface area (Å²) in [5.41, 5.74) is 2.17. The van der Waals surface area contributed by atoms with E-state index in [1.165, 1.54) is 17.5 Å². The van der Waals surface area contributed by atoms with Gasteiger partial charge in [0.15, 0.2) is 0 Å². The van der Waals surface area contributed by atoms with Crippen LogP contribution in [-0.2, 0) is 0 Å². The summed E-state index contributed by atoms with van der Waals surface area (Å²) < 4.78 is 1.02. The van der Waals surface area contributed by atoms with Gasteiger partial charge in [-0.3, -0.25) is 4.79 Å². The Balaban J connectivity index is 1.81. The van der Waals surface area contributed by atoms with Crippen molar-refractivity contribution in [1.29, 1.82) is 0 Å². The van der Waals surface area contributed by atoms with Gasteiger partial charge in [0, 0.05) is 16.8 Å². The van der Waals surface area contributed by atoms with Crippen LogP contribution in [0.4, 0.5) is 5.69 Å². The molecule has 4 nitrogen and oxygen atoms in total. The van der Waals surface area contributed by atoms with Crippen LogP contribution < -0.4 is 5.32 Å². The molecule has 0 fully saturated rings. The van der Waals surface area contributed by atoms with Gasteiger partial charge in [-0.15, -0.1) is 11.3 Å². The second-order valence-corrected chi connectivity index (χ2v) is 7.83. The number of nitrogens with zero attached hydrogens (tertiary/aromatic N) is 2. The Morgan fingerprint density at radius 1 is 1.04 bits per heavy atom. The van der Waals surface area contributed by atoms with Crippen molar-refractivity contribution in [2.24, 2.45) is 0 Å². The summed E-state index contributed by atoms with van der Waals surface area (Å²) in [6.07, 6.45) is 1.51. The number of rotatable bonds is 3. The van der Waals surface area contributed by atoms with Gasteiger partial charge in [0.1, 0.15) is 10.2 Å². The summed E-state index contributed by atoms with van der Waals surface area (Å²) in [5, 5.41) is 4.39. The molecule has 0 saturated heterocycles. The predicted octanol–water partition coefficient (Wildman–Crippen LogP) is 6.57. The average molecular weight is 435 g/mol. The van der Waals surface area contributed by atoms with Gasteiger partial charge in [-0.05, 0) is 36.4 Å². The van der Waals surface area contributed by atoms with Gasteiger partial charge >= 0.3 is 0 Å². The zero-order chi connectivity index (χ0) is 19.0. The zero-order valence-corrected chi connectivity index (χ0v) is 16.6. The molecule has 0 aliphatic carbocycles. The number of anilines is 1.